The molecule has 2 aromatic rings. The van der Waals surface area contributed by atoms with Crippen LogP contribution in [0.1, 0.15) is 62.7 Å². The number of urea groups is 2. The van der Waals surface area contributed by atoms with E-state index in [0.29, 0.717) is 24.9 Å². The lowest BCUT2D eigenvalue weighted by atomic mass is 9.81. The highest BCUT2D eigenvalue weighted by atomic mass is 16.2. The highest BCUT2D eigenvalue weighted by Crippen LogP contribution is 2.28. The minimum atomic E-state index is -0.129. The zero-order valence-corrected chi connectivity index (χ0v) is 19.1. The maximum absolute atomic E-state index is 12.3. The largest absolute Gasteiger partial charge is 0.338 e. The predicted molar refractivity (Wildman–Crippen MR) is 128 cm³/mol. The molecule has 4 amide bonds. The van der Waals surface area contributed by atoms with Crippen molar-refractivity contribution < 1.29 is 9.59 Å². The van der Waals surface area contributed by atoms with Crippen molar-refractivity contribution in [2.45, 2.75) is 51.6 Å². The van der Waals surface area contributed by atoms with E-state index in [1.807, 2.05) is 74.5 Å². The van der Waals surface area contributed by atoms with Crippen molar-refractivity contribution in [2.75, 3.05) is 13.1 Å². The van der Waals surface area contributed by atoms with Crippen molar-refractivity contribution in [1.82, 2.24) is 21.3 Å². The van der Waals surface area contributed by atoms with Crippen molar-refractivity contribution in [3.63, 3.8) is 0 Å². The molecule has 1 aliphatic rings. The minimum Gasteiger partial charge on any atom is -0.338 e. The molecule has 0 bridgehead atoms. The van der Waals surface area contributed by atoms with E-state index in [1.165, 1.54) is 0 Å². The van der Waals surface area contributed by atoms with Gasteiger partial charge >= 0.3 is 12.1 Å². The van der Waals surface area contributed by atoms with Crippen molar-refractivity contribution in [2.24, 2.45) is 11.8 Å². The fourth-order valence-corrected chi connectivity index (χ4v) is 4.39. The van der Waals surface area contributed by atoms with Crippen LogP contribution in [0.25, 0.3) is 0 Å². The van der Waals surface area contributed by atoms with Gasteiger partial charge in [0.1, 0.15) is 0 Å². The summed E-state index contributed by atoms with van der Waals surface area (Å²) in [7, 11) is 0. The second-order valence-corrected chi connectivity index (χ2v) is 8.87. The van der Waals surface area contributed by atoms with E-state index in [0.717, 1.165) is 36.8 Å². The molecule has 4 atom stereocenters. The van der Waals surface area contributed by atoms with Crippen LogP contribution in [0.5, 0.6) is 0 Å². The maximum atomic E-state index is 12.3. The Morgan fingerprint density at radius 1 is 0.750 bits per heavy atom. The van der Waals surface area contributed by atoms with Gasteiger partial charge < -0.3 is 21.3 Å². The summed E-state index contributed by atoms with van der Waals surface area (Å²) in [5.41, 5.74) is 2.18. The van der Waals surface area contributed by atoms with Crippen molar-refractivity contribution in [3.05, 3.63) is 71.8 Å². The zero-order chi connectivity index (χ0) is 22.8. The summed E-state index contributed by atoms with van der Waals surface area (Å²) in [5.74, 6) is 0.888. The lowest BCUT2D eigenvalue weighted by Gasteiger charge is -2.29. The highest BCUT2D eigenvalue weighted by molar-refractivity contribution is 5.74. The Bertz CT molecular complexity index is 774. The summed E-state index contributed by atoms with van der Waals surface area (Å²) in [6, 6.07) is 19.6. The first-order valence-electron chi connectivity index (χ1n) is 11.7. The van der Waals surface area contributed by atoms with Gasteiger partial charge in [-0.15, -0.1) is 0 Å². The lowest BCUT2D eigenvalue weighted by Crippen LogP contribution is -2.42. The molecule has 6 heteroatoms. The van der Waals surface area contributed by atoms with Crippen LogP contribution in [-0.2, 0) is 0 Å². The topological polar surface area (TPSA) is 82.3 Å². The molecule has 1 fully saturated rings. The first kappa shape index (κ1) is 23.6. The molecule has 1 aliphatic carbocycles. The third kappa shape index (κ3) is 7.59. The Hall–Kier alpha value is -3.02. The standard InChI is InChI=1S/C26H36N4O2/c1-19(23-12-5-3-6-13-23)29-25(31)27-17-21-10-9-11-22(16-21)18-28-26(32)30-20(2)24-14-7-4-8-15-24/h3-8,12-15,19-22H,9-11,16-18H2,1-2H3,(H2,27,29,31)(H2,28,30,32)/t19-,20+,21-,22-/m1/s1. The molecule has 0 saturated heterocycles. The Balaban J connectivity index is 1.35. The third-order valence-electron chi connectivity index (χ3n) is 6.29. The van der Waals surface area contributed by atoms with Gasteiger partial charge in [-0.25, -0.2) is 9.59 Å². The molecule has 0 unspecified atom stereocenters. The summed E-state index contributed by atoms with van der Waals surface area (Å²) >= 11 is 0. The van der Waals surface area contributed by atoms with Crippen LogP contribution >= 0.6 is 0 Å². The van der Waals surface area contributed by atoms with E-state index in [4.69, 9.17) is 0 Å². The van der Waals surface area contributed by atoms with E-state index < -0.39 is 0 Å². The average molecular weight is 437 g/mol. The van der Waals surface area contributed by atoms with Crippen LogP contribution < -0.4 is 21.3 Å². The molecule has 0 aromatic heterocycles. The number of nitrogens with one attached hydrogen (secondary N) is 4. The van der Waals surface area contributed by atoms with Gasteiger partial charge in [0, 0.05) is 13.1 Å². The Morgan fingerprint density at radius 3 is 1.56 bits per heavy atom. The number of carbonyl (C=O) groups excluding carboxylic acids is 2. The summed E-state index contributed by atoms with van der Waals surface area (Å²) in [6.07, 6.45) is 4.37. The molecular formula is C26H36N4O2. The van der Waals surface area contributed by atoms with Crippen LogP contribution in [0.4, 0.5) is 9.59 Å². The van der Waals surface area contributed by atoms with E-state index in [-0.39, 0.29) is 24.1 Å². The number of carbonyl (C=O) groups is 2. The van der Waals surface area contributed by atoms with Crippen molar-refractivity contribution >= 4 is 12.1 Å². The Labute approximate surface area is 191 Å². The first-order valence-corrected chi connectivity index (χ1v) is 11.7. The van der Waals surface area contributed by atoms with E-state index in [2.05, 4.69) is 21.3 Å². The number of hydrogen-bond donors (Lipinski definition) is 4. The monoisotopic (exact) mass is 436 g/mol. The molecule has 2 aromatic carbocycles. The molecular weight excluding hydrogens is 400 g/mol. The van der Waals surface area contributed by atoms with Gasteiger partial charge in [0.2, 0.25) is 0 Å². The molecule has 32 heavy (non-hydrogen) atoms. The zero-order valence-electron chi connectivity index (χ0n) is 19.1. The van der Waals surface area contributed by atoms with Crippen LogP contribution in [0.3, 0.4) is 0 Å². The van der Waals surface area contributed by atoms with Gasteiger partial charge in [0.05, 0.1) is 12.1 Å². The molecule has 0 radical (unpaired) electrons. The van der Waals surface area contributed by atoms with Gasteiger partial charge in [-0.05, 0) is 56.1 Å². The second kappa shape index (κ2) is 12.1. The summed E-state index contributed by atoms with van der Waals surface area (Å²) < 4.78 is 0. The first-order chi connectivity index (χ1) is 15.5. The number of rotatable bonds is 8. The minimum absolute atomic E-state index is 0.0312. The van der Waals surface area contributed by atoms with E-state index in [1.54, 1.807) is 0 Å². The molecule has 1 saturated carbocycles. The SMILES string of the molecule is C[C@H](NC(=O)NC[C@@H]1CCC[C@@H](CNC(=O)N[C@H](C)c2ccccc2)C1)c1ccccc1. The van der Waals surface area contributed by atoms with E-state index >= 15 is 0 Å². The van der Waals surface area contributed by atoms with Gasteiger partial charge in [0.15, 0.2) is 0 Å². The summed E-state index contributed by atoms with van der Waals surface area (Å²) in [5, 5.41) is 12.1. The maximum Gasteiger partial charge on any atom is 0.315 e. The quantitative estimate of drug-likeness (QED) is 0.474. The van der Waals surface area contributed by atoms with E-state index in [9.17, 15) is 9.59 Å². The molecule has 0 heterocycles. The lowest BCUT2D eigenvalue weighted by molar-refractivity contribution is 0.219. The van der Waals surface area contributed by atoms with Crippen LogP contribution in [0.15, 0.2) is 60.7 Å². The van der Waals surface area contributed by atoms with Crippen LogP contribution in [-0.4, -0.2) is 25.2 Å². The summed E-state index contributed by atoms with van der Waals surface area (Å²) in [4.78, 5) is 24.6. The third-order valence-corrected chi connectivity index (χ3v) is 6.29. The van der Waals surface area contributed by atoms with Crippen LogP contribution in [0.2, 0.25) is 0 Å². The smallest absolute Gasteiger partial charge is 0.315 e. The average Bonchev–Trinajstić information content (AvgIpc) is 2.83. The molecule has 172 valence electrons. The van der Waals surface area contributed by atoms with Gasteiger partial charge in [0.25, 0.3) is 0 Å². The highest BCUT2D eigenvalue weighted by Gasteiger charge is 2.23. The fraction of sp³-hybridized carbons (Fsp3) is 0.462. The summed E-state index contributed by atoms with van der Waals surface area (Å²) in [6.45, 7) is 5.31. The van der Waals surface area contributed by atoms with Gasteiger partial charge in [-0.1, -0.05) is 67.1 Å². The number of amides is 4. The number of benzene rings is 2. The molecule has 6 nitrogen and oxygen atoms in total. The Morgan fingerprint density at radius 2 is 1.16 bits per heavy atom. The Kier molecular flexibility index (Phi) is 8.96. The molecule has 0 aliphatic heterocycles. The molecule has 4 N–H and O–H groups in total. The van der Waals surface area contributed by atoms with Gasteiger partial charge in [-0.2, -0.15) is 0 Å². The predicted octanol–water partition coefficient (Wildman–Crippen LogP) is 4.91. The molecule has 0 spiro atoms. The van der Waals surface area contributed by atoms with Crippen molar-refractivity contribution in [3.8, 4) is 0 Å². The van der Waals surface area contributed by atoms with Crippen LogP contribution in [0, 0.1) is 11.8 Å². The van der Waals surface area contributed by atoms with Gasteiger partial charge in [-0.3, -0.25) is 0 Å². The second-order valence-electron chi connectivity index (χ2n) is 8.87. The van der Waals surface area contributed by atoms with Crippen molar-refractivity contribution in [1.29, 1.82) is 0 Å². The normalized spacial score (nSPS) is 19.9. The fourth-order valence-electron chi connectivity index (χ4n) is 4.39. The molecule has 3 rings (SSSR count). The number of hydrogen-bond acceptors (Lipinski definition) is 2.